The maximum Gasteiger partial charge on any atom is 0.335 e. The third-order valence-corrected chi connectivity index (χ3v) is 5.42. The summed E-state index contributed by atoms with van der Waals surface area (Å²) in [5.74, 6) is -1.29. The Kier molecular flexibility index (Phi) is 6.51. The van der Waals surface area contributed by atoms with Crippen LogP contribution in [0.4, 0.5) is 16.2 Å². The molecule has 1 fully saturated rings. The molecule has 0 saturated carbocycles. The molecule has 0 bridgehead atoms. The number of nitro benzene ring substituents is 1. The average Bonchev–Trinajstić information content (AvgIpc) is 2.82. The van der Waals surface area contributed by atoms with Gasteiger partial charge in [0.15, 0.2) is 0 Å². The lowest BCUT2D eigenvalue weighted by Gasteiger charge is -2.26. The number of imide groups is 2. The van der Waals surface area contributed by atoms with Crippen molar-refractivity contribution in [1.29, 1.82) is 0 Å². The van der Waals surface area contributed by atoms with Crippen LogP contribution in [0, 0.1) is 10.1 Å². The molecule has 1 aliphatic rings. The Morgan fingerprint density at radius 1 is 1.00 bits per heavy atom. The number of hydrogen-bond acceptors (Lipinski definition) is 6. The lowest BCUT2D eigenvalue weighted by molar-refractivity contribution is -0.384. The van der Waals surface area contributed by atoms with Crippen molar-refractivity contribution >= 4 is 51.2 Å². The molecule has 1 saturated heterocycles. The Balaban J connectivity index is 1.66. The molecule has 170 valence electrons. The minimum Gasteiger partial charge on any atom is -0.488 e. The zero-order valence-corrected chi connectivity index (χ0v) is 19.0. The van der Waals surface area contributed by atoms with E-state index in [4.69, 9.17) is 4.74 Å². The Morgan fingerprint density at radius 3 is 2.38 bits per heavy atom. The van der Waals surface area contributed by atoms with Crippen LogP contribution in [-0.4, -0.2) is 22.8 Å². The van der Waals surface area contributed by atoms with Crippen molar-refractivity contribution in [2.24, 2.45) is 0 Å². The molecule has 1 aliphatic heterocycles. The summed E-state index contributed by atoms with van der Waals surface area (Å²) >= 11 is 3.37. The molecular formula is C24H16BrN3O6. The van der Waals surface area contributed by atoms with Gasteiger partial charge in [0.1, 0.15) is 17.9 Å². The van der Waals surface area contributed by atoms with Gasteiger partial charge in [-0.2, -0.15) is 0 Å². The lowest BCUT2D eigenvalue weighted by Crippen LogP contribution is -2.54. The van der Waals surface area contributed by atoms with Crippen LogP contribution in [0.15, 0.2) is 82.8 Å². The smallest absolute Gasteiger partial charge is 0.335 e. The van der Waals surface area contributed by atoms with Crippen LogP contribution in [0.1, 0.15) is 11.1 Å². The number of hydrogen-bond donors (Lipinski definition) is 1. The summed E-state index contributed by atoms with van der Waals surface area (Å²) in [4.78, 5) is 49.1. The third kappa shape index (κ3) is 4.86. The molecule has 4 amide bonds. The van der Waals surface area contributed by atoms with E-state index in [1.807, 2.05) is 30.3 Å². The summed E-state index contributed by atoms with van der Waals surface area (Å²) in [5.41, 5.74) is 0.976. The predicted octanol–water partition coefficient (Wildman–Crippen LogP) is 4.60. The molecule has 34 heavy (non-hydrogen) atoms. The molecule has 10 heteroatoms. The van der Waals surface area contributed by atoms with Gasteiger partial charge in [0.05, 0.1) is 10.6 Å². The number of benzene rings is 3. The molecule has 1 heterocycles. The second-order valence-corrected chi connectivity index (χ2v) is 8.10. The standard InChI is InChI=1S/C24H16BrN3O6/c25-17-6-11-21(34-14-15-4-2-1-3-5-15)16(12-17)13-20-22(29)26-24(31)27(23(20)30)18-7-9-19(10-8-18)28(32)33/h1-13H,14H2,(H,26,29,31)/b20-13+. The summed E-state index contributed by atoms with van der Waals surface area (Å²) < 4.78 is 6.60. The number of nitro groups is 1. The summed E-state index contributed by atoms with van der Waals surface area (Å²) in [6.07, 6.45) is 1.34. The summed E-state index contributed by atoms with van der Waals surface area (Å²) in [6.45, 7) is 0.270. The Hall–Kier alpha value is -4.31. The fourth-order valence-corrected chi connectivity index (χ4v) is 3.65. The Morgan fingerprint density at radius 2 is 1.71 bits per heavy atom. The van der Waals surface area contributed by atoms with Crippen LogP contribution in [-0.2, 0) is 16.2 Å². The van der Waals surface area contributed by atoms with Crippen LogP contribution < -0.4 is 15.0 Å². The van der Waals surface area contributed by atoms with E-state index < -0.39 is 22.8 Å². The first-order valence-electron chi connectivity index (χ1n) is 9.95. The highest BCUT2D eigenvalue weighted by molar-refractivity contribution is 9.10. The topological polar surface area (TPSA) is 119 Å². The maximum atomic E-state index is 13.1. The number of anilines is 1. The molecule has 1 N–H and O–H groups in total. The van der Waals surface area contributed by atoms with Crippen molar-refractivity contribution < 1.29 is 24.0 Å². The molecular weight excluding hydrogens is 506 g/mol. The monoisotopic (exact) mass is 521 g/mol. The van der Waals surface area contributed by atoms with E-state index in [0.29, 0.717) is 15.8 Å². The third-order valence-electron chi connectivity index (χ3n) is 4.93. The largest absolute Gasteiger partial charge is 0.488 e. The van der Waals surface area contributed by atoms with Gasteiger partial charge in [-0.15, -0.1) is 0 Å². The first kappa shape index (κ1) is 22.9. The Bertz CT molecular complexity index is 1320. The van der Waals surface area contributed by atoms with Gasteiger partial charge in [-0.3, -0.25) is 25.0 Å². The van der Waals surface area contributed by atoms with Crippen molar-refractivity contribution in [1.82, 2.24) is 5.32 Å². The number of halogens is 1. The highest BCUT2D eigenvalue weighted by atomic mass is 79.9. The minimum absolute atomic E-state index is 0.0845. The van der Waals surface area contributed by atoms with E-state index in [0.717, 1.165) is 10.5 Å². The highest BCUT2D eigenvalue weighted by Gasteiger charge is 2.37. The van der Waals surface area contributed by atoms with Crippen LogP contribution in [0.25, 0.3) is 6.08 Å². The first-order valence-corrected chi connectivity index (χ1v) is 10.7. The van der Waals surface area contributed by atoms with Gasteiger partial charge >= 0.3 is 6.03 Å². The molecule has 0 aromatic heterocycles. The van der Waals surface area contributed by atoms with E-state index in [1.54, 1.807) is 18.2 Å². The number of non-ortho nitro benzene ring substituents is 1. The number of urea groups is 1. The number of ether oxygens (including phenoxy) is 1. The number of carbonyl (C=O) groups excluding carboxylic acids is 3. The number of nitrogens with zero attached hydrogens (tertiary/aromatic N) is 2. The van der Waals surface area contributed by atoms with Gasteiger partial charge in [-0.05, 0) is 42.0 Å². The van der Waals surface area contributed by atoms with Gasteiger partial charge in [-0.25, -0.2) is 9.69 Å². The molecule has 4 rings (SSSR count). The van der Waals surface area contributed by atoms with Crippen molar-refractivity contribution in [3.05, 3.63) is 104 Å². The average molecular weight is 522 g/mol. The van der Waals surface area contributed by atoms with E-state index >= 15 is 0 Å². The molecule has 0 spiro atoms. The van der Waals surface area contributed by atoms with Crippen molar-refractivity contribution in [3.63, 3.8) is 0 Å². The summed E-state index contributed by atoms with van der Waals surface area (Å²) in [7, 11) is 0. The quantitative estimate of drug-likeness (QED) is 0.219. The van der Waals surface area contributed by atoms with Gasteiger partial charge < -0.3 is 4.74 Å². The van der Waals surface area contributed by atoms with E-state index in [-0.39, 0.29) is 23.6 Å². The number of nitrogens with one attached hydrogen (secondary N) is 1. The lowest BCUT2D eigenvalue weighted by atomic mass is 10.1. The summed E-state index contributed by atoms with van der Waals surface area (Å²) in [6, 6.07) is 18.5. The second-order valence-electron chi connectivity index (χ2n) is 7.19. The summed E-state index contributed by atoms with van der Waals surface area (Å²) in [5, 5.41) is 13.0. The van der Waals surface area contributed by atoms with Gasteiger partial charge in [0, 0.05) is 22.2 Å². The zero-order valence-electron chi connectivity index (χ0n) is 17.4. The van der Waals surface area contributed by atoms with Gasteiger partial charge in [-0.1, -0.05) is 46.3 Å². The van der Waals surface area contributed by atoms with E-state index in [9.17, 15) is 24.5 Å². The maximum absolute atomic E-state index is 13.1. The number of rotatable bonds is 6. The molecule has 0 aliphatic carbocycles. The highest BCUT2D eigenvalue weighted by Crippen LogP contribution is 2.29. The SMILES string of the molecule is O=C1NC(=O)N(c2ccc([N+](=O)[O-])cc2)C(=O)/C1=C/c1cc(Br)ccc1OCc1ccccc1. The van der Waals surface area contributed by atoms with E-state index in [1.165, 1.54) is 30.3 Å². The van der Waals surface area contributed by atoms with Crippen molar-refractivity contribution in [2.75, 3.05) is 4.90 Å². The van der Waals surface area contributed by atoms with Crippen LogP contribution >= 0.6 is 15.9 Å². The molecule has 9 nitrogen and oxygen atoms in total. The van der Waals surface area contributed by atoms with Crippen molar-refractivity contribution in [2.45, 2.75) is 6.61 Å². The molecule has 0 radical (unpaired) electrons. The number of barbiturate groups is 1. The van der Waals surface area contributed by atoms with Crippen LogP contribution in [0.3, 0.4) is 0 Å². The van der Waals surface area contributed by atoms with Crippen LogP contribution in [0.2, 0.25) is 0 Å². The first-order chi connectivity index (χ1) is 16.3. The minimum atomic E-state index is -0.948. The zero-order chi connectivity index (χ0) is 24.2. The second kappa shape index (κ2) is 9.67. The van der Waals surface area contributed by atoms with E-state index in [2.05, 4.69) is 21.2 Å². The van der Waals surface area contributed by atoms with Gasteiger partial charge in [0.25, 0.3) is 17.5 Å². The number of amides is 4. The fourth-order valence-electron chi connectivity index (χ4n) is 3.27. The van der Waals surface area contributed by atoms with Crippen LogP contribution in [0.5, 0.6) is 5.75 Å². The number of carbonyl (C=O) groups is 3. The normalized spacial score (nSPS) is 14.8. The fraction of sp³-hybridized carbons (Fsp3) is 0.0417. The molecule has 0 atom stereocenters. The predicted molar refractivity (Wildman–Crippen MR) is 127 cm³/mol. The van der Waals surface area contributed by atoms with Gasteiger partial charge in [0.2, 0.25) is 0 Å². The molecule has 0 unspecified atom stereocenters. The van der Waals surface area contributed by atoms with Crippen molar-refractivity contribution in [3.8, 4) is 5.75 Å². The molecule has 3 aromatic rings. The molecule has 3 aromatic carbocycles. The Labute approximate surface area is 201 Å².